The molecule has 0 radical (unpaired) electrons. The van der Waals surface area contributed by atoms with Crippen LogP contribution in [0.4, 0.5) is 13.2 Å². The molecule has 0 aliphatic rings. The fourth-order valence-corrected chi connectivity index (χ4v) is 2.37. The minimum Gasteiger partial charge on any atom is -0.406 e. The topological polar surface area (TPSA) is 9.23 Å². The van der Waals surface area contributed by atoms with Crippen LogP contribution in [0.1, 0.15) is 5.56 Å². The predicted molar refractivity (Wildman–Crippen MR) is 61.2 cm³/mol. The number of aryl methyl sites for hydroxylation is 1. The van der Waals surface area contributed by atoms with Crippen LogP contribution in [0.2, 0.25) is 0 Å². The highest BCUT2D eigenvalue weighted by atomic mass is 32.1. The minimum atomic E-state index is -4.65. The van der Waals surface area contributed by atoms with Crippen molar-refractivity contribution in [2.45, 2.75) is 13.3 Å². The molecule has 0 saturated carbocycles. The number of rotatable bonds is 2. The third-order valence-electron chi connectivity index (χ3n) is 2.23. The first kappa shape index (κ1) is 12.0. The summed E-state index contributed by atoms with van der Waals surface area (Å²) >= 11 is 1.52. The highest BCUT2D eigenvalue weighted by Gasteiger charge is 2.31. The van der Waals surface area contributed by atoms with Crippen LogP contribution < -0.4 is 4.74 Å². The molecular weight excluding hydrogens is 249 g/mol. The number of hydrogen-bond acceptors (Lipinski definition) is 2. The molecule has 0 aliphatic carbocycles. The molecule has 0 aliphatic heterocycles. The second-order valence-corrected chi connectivity index (χ2v) is 4.29. The van der Waals surface area contributed by atoms with Crippen molar-refractivity contribution >= 4 is 11.3 Å². The van der Waals surface area contributed by atoms with Crippen molar-refractivity contribution < 1.29 is 17.9 Å². The van der Waals surface area contributed by atoms with Crippen LogP contribution in [0.3, 0.4) is 0 Å². The molecule has 0 fully saturated rings. The van der Waals surface area contributed by atoms with Gasteiger partial charge in [-0.2, -0.15) is 11.3 Å². The molecule has 0 unspecified atom stereocenters. The van der Waals surface area contributed by atoms with Crippen molar-refractivity contribution in [2.24, 2.45) is 0 Å². The van der Waals surface area contributed by atoms with Crippen LogP contribution in [-0.2, 0) is 0 Å². The Labute approximate surface area is 100 Å². The molecule has 1 heterocycles. The molecule has 0 amide bonds. The van der Waals surface area contributed by atoms with Crippen LogP contribution >= 0.6 is 11.3 Å². The quantitative estimate of drug-likeness (QED) is 0.763. The van der Waals surface area contributed by atoms with Gasteiger partial charge in [0.1, 0.15) is 5.75 Å². The first-order valence-corrected chi connectivity index (χ1v) is 5.79. The van der Waals surface area contributed by atoms with Crippen molar-refractivity contribution in [3.05, 3.63) is 40.6 Å². The maximum absolute atomic E-state index is 12.1. The standard InChI is InChI=1S/C12H9F3OS/c1-8-6-17-7-11(8)9-3-2-4-10(5-9)16-12(13,14)15/h2-7H,1H3. The lowest BCUT2D eigenvalue weighted by atomic mass is 10.1. The Kier molecular flexibility index (Phi) is 3.11. The smallest absolute Gasteiger partial charge is 0.406 e. The summed E-state index contributed by atoms with van der Waals surface area (Å²) in [7, 11) is 0. The molecule has 2 aromatic rings. The van der Waals surface area contributed by atoms with Crippen molar-refractivity contribution in [1.82, 2.24) is 0 Å². The third-order valence-corrected chi connectivity index (χ3v) is 3.10. The average Bonchev–Trinajstić information content (AvgIpc) is 2.62. The van der Waals surface area contributed by atoms with E-state index < -0.39 is 6.36 Å². The van der Waals surface area contributed by atoms with E-state index in [0.717, 1.165) is 16.7 Å². The van der Waals surface area contributed by atoms with Crippen molar-refractivity contribution in [3.63, 3.8) is 0 Å². The molecule has 0 spiro atoms. The predicted octanol–water partition coefficient (Wildman–Crippen LogP) is 4.62. The van der Waals surface area contributed by atoms with Crippen molar-refractivity contribution in [3.8, 4) is 16.9 Å². The van der Waals surface area contributed by atoms with Gasteiger partial charge in [0, 0.05) is 0 Å². The number of halogens is 3. The molecule has 1 aromatic carbocycles. The Balaban J connectivity index is 2.32. The summed E-state index contributed by atoms with van der Waals surface area (Å²) < 4.78 is 40.1. The summed E-state index contributed by atoms with van der Waals surface area (Å²) in [6, 6.07) is 5.99. The fourth-order valence-electron chi connectivity index (χ4n) is 1.52. The first-order chi connectivity index (χ1) is 7.96. The van der Waals surface area contributed by atoms with E-state index in [2.05, 4.69) is 4.74 Å². The van der Waals surface area contributed by atoms with E-state index in [1.165, 1.54) is 23.5 Å². The van der Waals surface area contributed by atoms with Gasteiger partial charge in [0.15, 0.2) is 0 Å². The molecule has 2 rings (SSSR count). The second kappa shape index (κ2) is 4.41. The zero-order valence-corrected chi connectivity index (χ0v) is 9.73. The van der Waals surface area contributed by atoms with Gasteiger partial charge in [-0.1, -0.05) is 12.1 Å². The summed E-state index contributed by atoms with van der Waals surface area (Å²) in [4.78, 5) is 0. The zero-order chi connectivity index (χ0) is 12.5. The average molecular weight is 258 g/mol. The van der Waals surface area contributed by atoms with Gasteiger partial charge in [0.25, 0.3) is 0 Å². The molecule has 0 N–H and O–H groups in total. The van der Waals surface area contributed by atoms with E-state index in [0.29, 0.717) is 0 Å². The van der Waals surface area contributed by atoms with Gasteiger partial charge in [-0.25, -0.2) is 0 Å². The third kappa shape index (κ3) is 3.00. The summed E-state index contributed by atoms with van der Waals surface area (Å²) in [6.45, 7) is 1.92. The molecule has 17 heavy (non-hydrogen) atoms. The monoisotopic (exact) mass is 258 g/mol. The lowest BCUT2D eigenvalue weighted by molar-refractivity contribution is -0.274. The Hall–Kier alpha value is -1.49. The minimum absolute atomic E-state index is 0.194. The SMILES string of the molecule is Cc1cscc1-c1cccc(OC(F)(F)F)c1. The Bertz CT molecular complexity index is 516. The Morgan fingerprint density at radius 2 is 1.94 bits per heavy atom. The number of benzene rings is 1. The second-order valence-electron chi connectivity index (χ2n) is 3.54. The van der Waals surface area contributed by atoms with Crippen molar-refractivity contribution in [1.29, 1.82) is 0 Å². The lowest BCUT2D eigenvalue weighted by Crippen LogP contribution is -2.17. The van der Waals surface area contributed by atoms with E-state index in [4.69, 9.17) is 0 Å². The molecule has 0 atom stereocenters. The molecule has 1 nitrogen and oxygen atoms in total. The van der Waals surface area contributed by atoms with Crippen molar-refractivity contribution in [2.75, 3.05) is 0 Å². The van der Waals surface area contributed by atoms with Gasteiger partial charge in [-0.3, -0.25) is 0 Å². The van der Waals surface area contributed by atoms with E-state index >= 15 is 0 Å². The maximum Gasteiger partial charge on any atom is 0.573 e. The number of thiophene rings is 1. The van der Waals surface area contributed by atoms with E-state index in [1.807, 2.05) is 17.7 Å². The molecule has 0 bridgehead atoms. The Morgan fingerprint density at radius 1 is 1.18 bits per heavy atom. The summed E-state index contributed by atoms with van der Waals surface area (Å²) in [5.41, 5.74) is 2.70. The van der Waals surface area contributed by atoms with Crippen LogP contribution in [-0.4, -0.2) is 6.36 Å². The van der Waals surface area contributed by atoms with E-state index in [-0.39, 0.29) is 5.75 Å². The lowest BCUT2D eigenvalue weighted by Gasteiger charge is -2.09. The van der Waals surface area contributed by atoms with Gasteiger partial charge < -0.3 is 4.74 Å². The Morgan fingerprint density at radius 3 is 2.53 bits per heavy atom. The van der Waals surface area contributed by atoms with E-state index in [1.54, 1.807) is 12.1 Å². The highest BCUT2D eigenvalue weighted by Crippen LogP contribution is 2.31. The maximum atomic E-state index is 12.1. The summed E-state index contributed by atoms with van der Waals surface area (Å²) in [6.07, 6.45) is -4.65. The van der Waals surface area contributed by atoms with Gasteiger partial charge in [-0.15, -0.1) is 13.2 Å². The molecule has 0 saturated heterocycles. The number of ether oxygens (including phenoxy) is 1. The van der Waals surface area contributed by atoms with Crippen LogP contribution in [0.15, 0.2) is 35.0 Å². The number of hydrogen-bond donors (Lipinski definition) is 0. The first-order valence-electron chi connectivity index (χ1n) is 4.85. The highest BCUT2D eigenvalue weighted by molar-refractivity contribution is 7.08. The van der Waals surface area contributed by atoms with Gasteiger partial charge in [0.05, 0.1) is 0 Å². The normalized spacial score (nSPS) is 11.5. The van der Waals surface area contributed by atoms with Gasteiger partial charge in [-0.05, 0) is 46.5 Å². The molecular formula is C12H9F3OS. The fraction of sp³-hybridized carbons (Fsp3) is 0.167. The zero-order valence-electron chi connectivity index (χ0n) is 8.91. The molecule has 90 valence electrons. The van der Waals surface area contributed by atoms with Gasteiger partial charge in [0.2, 0.25) is 0 Å². The summed E-state index contributed by atoms with van der Waals surface area (Å²) in [5, 5.41) is 3.86. The largest absolute Gasteiger partial charge is 0.573 e. The summed E-state index contributed by atoms with van der Waals surface area (Å²) in [5.74, 6) is -0.194. The van der Waals surface area contributed by atoms with Crippen LogP contribution in [0.25, 0.3) is 11.1 Å². The number of alkyl halides is 3. The molecule has 1 aromatic heterocycles. The van der Waals surface area contributed by atoms with Crippen LogP contribution in [0, 0.1) is 6.92 Å². The van der Waals surface area contributed by atoms with Crippen LogP contribution in [0.5, 0.6) is 5.75 Å². The molecule has 5 heteroatoms. The van der Waals surface area contributed by atoms with Gasteiger partial charge >= 0.3 is 6.36 Å². The van der Waals surface area contributed by atoms with E-state index in [9.17, 15) is 13.2 Å².